The zero-order chi connectivity index (χ0) is 19.1. The van der Waals surface area contributed by atoms with Gasteiger partial charge in [0.05, 0.1) is 5.56 Å². The van der Waals surface area contributed by atoms with Crippen LogP contribution in [-0.2, 0) is 16.6 Å². The summed E-state index contributed by atoms with van der Waals surface area (Å²) in [6.07, 6.45) is 0. The molecule has 0 amide bonds. The predicted molar refractivity (Wildman–Crippen MR) is 84.5 cm³/mol. The molecule has 0 unspecified atom stereocenters. The third kappa shape index (κ3) is 3.21. The van der Waals surface area contributed by atoms with Gasteiger partial charge >= 0.3 is 0 Å². The highest BCUT2D eigenvalue weighted by Gasteiger charge is 2.25. The number of benzene rings is 2. The normalized spacial score (nSPS) is 11.7. The molecule has 1 aromatic heterocycles. The minimum atomic E-state index is -4.47. The van der Waals surface area contributed by atoms with Crippen molar-refractivity contribution >= 4 is 10.0 Å². The van der Waals surface area contributed by atoms with Crippen molar-refractivity contribution in [2.45, 2.75) is 11.5 Å². The Balaban J connectivity index is 2.26. The maximum absolute atomic E-state index is 14.5. The number of rotatable bonds is 4. The fourth-order valence-corrected chi connectivity index (χ4v) is 3.05. The lowest BCUT2D eigenvalue weighted by atomic mass is 9.98. The topological polar surface area (TPSA) is 106 Å². The van der Waals surface area contributed by atoms with Crippen LogP contribution in [0.15, 0.2) is 45.8 Å². The monoisotopic (exact) mass is 384 g/mol. The van der Waals surface area contributed by atoms with E-state index in [9.17, 15) is 26.7 Å². The van der Waals surface area contributed by atoms with Gasteiger partial charge in [0, 0.05) is 11.1 Å². The SMILES string of the molecule is NS(=O)(=O)c1cc(F)c(-c2c(-c3ccc(F)cc3)noc2CO)cc1F. The van der Waals surface area contributed by atoms with Crippen LogP contribution in [0.25, 0.3) is 22.4 Å². The van der Waals surface area contributed by atoms with E-state index in [0.29, 0.717) is 17.7 Å². The Labute approximate surface area is 145 Å². The van der Waals surface area contributed by atoms with Crippen molar-refractivity contribution in [1.29, 1.82) is 0 Å². The molecule has 0 saturated heterocycles. The quantitative estimate of drug-likeness (QED) is 0.719. The molecule has 0 spiro atoms. The van der Waals surface area contributed by atoms with Gasteiger partial charge in [-0.25, -0.2) is 26.7 Å². The summed E-state index contributed by atoms with van der Waals surface area (Å²) in [4.78, 5) is -1.01. The fourth-order valence-electron chi connectivity index (χ4n) is 2.45. The molecule has 1 heterocycles. The number of halogens is 3. The molecule has 0 aliphatic rings. The van der Waals surface area contributed by atoms with Crippen LogP contribution in [0.1, 0.15) is 5.76 Å². The number of primary sulfonamides is 1. The molecule has 3 N–H and O–H groups in total. The van der Waals surface area contributed by atoms with Gasteiger partial charge in [-0.2, -0.15) is 0 Å². The number of sulfonamides is 1. The highest BCUT2D eigenvalue weighted by molar-refractivity contribution is 7.89. The summed E-state index contributed by atoms with van der Waals surface area (Å²) in [6, 6.07) is 5.99. The molecule has 136 valence electrons. The number of aliphatic hydroxyl groups excluding tert-OH is 1. The molecule has 3 aromatic rings. The van der Waals surface area contributed by atoms with E-state index in [4.69, 9.17) is 9.66 Å². The second-order valence-electron chi connectivity index (χ2n) is 5.30. The van der Waals surface area contributed by atoms with E-state index in [1.807, 2.05) is 0 Å². The van der Waals surface area contributed by atoms with Crippen LogP contribution in [0.5, 0.6) is 0 Å². The first-order chi connectivity index (χ1) is 12.2. The van der Waals surface area contributed by atoms with Gasteiger partial charge in [-0.1, -0.05) is 5.16 Å². The lowest BCUT2D eigenvalue weighted by Crippen LogP contribution is -2.14. The first-order valence-corrected chi connectivity index (χ1v) is 8.64. The van der Waals surface area contributed by atoms with Crippen LogP contribution in [0.4, 0.5) is 13.2 Å². The smallest absolute Gasteiger partial charge is 0.241 e. The van der Waals surface area contributed by atoms with Gasteiger partial charge in [0.15, 0.2) is 5.76 Å². The Bertz CT molecular complexity index is 1080. The van der Waals surface area contributed by atoms with Gasteiger partial charge in [0.1, 0.15) is 34.6 Å². The highest BCUT2D eigenvalue weighted by Crippen LogP contribution is 2.37. The van der Waals surface area contributed by atoms with E-state index in [-0.39, 0.29) is 22.6 Å². The van der Waals surface area contributed by atoms with Gasteiger partial charge < -0.3 is 9.63 Å². The number of aromatic nitrogens is 1. The van der Waals surface area contributed by atoms with Crippen molar-refractivity contribution in [3.8, 4) is 22.4 Å². The maximum atomic E-state index is 14.5. The van der Waals surface area contributed by atoms with Crippen LogP contribution in [0.2, 0.25) is 0 Å². The molecule has 0 fully saturated rings. The first-order valence-electron chi connectivity index (χ1n) is 7.10. The molecule has 10 heteroatoms. The molecule has 6 nitrogen and oxygen atoms in total. The van der Waals surface area contributed by atoms with Crippen LogP contribution in [-0.4, -0.2) is 18.7 Å². The average Bonchev–Trinajstić information content (AvgIpc) is 3.00. The maximum Gasteiger partial charge on any atom is 0.241 e. The van der Waals surface area contributed by atoms with Crippen LogP contribution >= 0.6 is 0 Å². The summed E-state index contributed by atoms with van der Waals surface area (Å²) in [5, 5.41) is 18.0. The summed E-state index contributed by atoms with van der Waals surface area (Å²) in [5.74, 6) is -3.09. The molecule has 2 aromatic carbocycles. The minimum absolute atomic E-state index is 0.0238. The molecular weight excluding hydrogens is 373 g/mol. The molecule has 0 radical (unpaired) electrons. The van der Waals surface area contributed by atoms with Gasteiger partial charge in [0.2, 0.25) is 10.0 Å². The third-order valence-electron chi connectivity index (χ3n) is 3.62. The van der Waals surface area contributed by atoms with Crippen LogP contribution < -0.4 is 5.14 Å². The fraction of sp³-hybridized carbons (Fsp3) is 0.0625. The lowest BCUT2D eigenvalue weighted by molar-refractivity contribution is 0.230. The molecule has 3 rings (SSSR count). The van der Waals surface area contributed by atoms with Crippen molar-refractivity contribution in [2.75, 3.05) is 0 Å². The van der Waals surface area contributed by atoms with Crippen molar-refractivity contribution < 1.29 is 31.2 Å². The minimum Gasteiger partial charge on any atom is -0.388 e. The molecule has 0 bridgehead atoms. The Kier molecular flexibility index (Phi) is 4.57. The van der Waals surface area contributed by atoms with Gasteiger partial charge in [0.25, 0.3) is 0 Å². The van der Waals surface area contributed by atoms with E-state index in [1.165, 1.54) is 12.1 Å². The third-order valence-corrected chi connectivity index (χ3v) is 4.55. The lowest BCUT2D eigenvalue weighted by Gasteiger charge is -2.08. The number of aliphatic hydroxyl groups is 1. The molecule has 0 aliphatic heterocycles. The van der Waals surface area contributed by atoms with E-state index >= 15 is 0 Å². The molecule has 0 saturated carbocycles. The standard InChI is InChI=1S/C16H11F3N2O4S/c17-9-3-1-8(2-4-9)16-15(13(7-22)25-21-16)10-5-12(19)14(6-11(10)18)26(20,23)24/h1-6,22H,7H2,(H2,20,23,24). The number of hydrogen-bond donors (Lipinski definition) is 2. The Morgan fingerprint density at radius 2 is 1.73 bits per heavy atom. The van der Waals surface area contributed by atoms with Crippen molar-refractivity contribution in [3.05, 3.63) is 59.6 Å². The number of nitrogens with two attached hydrogens (primary N) is 1. The summed E-state index contributed by atoms with van der Waals surface area (Å²) in [7, 11) is -4.47. The summed E-state index contributed by atoms with van der Waals surface area (Å²) in [6.45, 7) is -0.679. The van der Waals surface area contributed by atoms with Gasteiger partial charge in [-0.3, -0.25) is 0 Å². The zero-order valence-corrected chi connectivity index (χ0v) is 13.7. The second kappa shape index (κ2) is 6.56. The van der Waals surface area contributed by atoms with Crippen molar-refractivity contribution in [1.82, 2.24) is 5.16 Å². The Morgan fingerprint density at radius 1 is 1.08 bits per heavy atom. The Hall–Kier alpha value is -2.69. The van der Waals surface area contributed by atoms with Gasteiger partial charge in [-0.15, -0.1) is 0 Å². The van der Waals surface area contributed by atoms with E-state index in [2.05, 4.69) is 5.16 Å². The molecule has 0 aliphatic carbocycles. The second-order valence-corrected chi connectivity index (χ2v) is 6.83. The van der Waals surface area contributed by atoms with E-state index in [1.54, 1.807) is 0 Å². The number of nitrogens with zero attached hydrogens (tertiary/aromatic N) is 1. The Morgan fingerprint density at radius 3 is 2.31 bits per heavy atom. The average molecular weight is 384 g/mol. The van der Waals surface area contributed by atoms with Gasteiger partial charge in [-0.05, 0) is 36.4 Å². The predicted octanol–water partition coefficient (Wildman–Crippen LogP) is 2.57. The molecule has 26 heavy (non-hydrogen) atoms. The molecule has 0 atom stereocenters. The summed E-state index contributed by atoms with van der Waals surface area (Å²) < 4.78 is 69.3. The number of hydrogen-bond acceptors (Lipinski definition) is 5. The van der Waals surface area contributed by atoms with Crippen LogP contribution in [0, 0.1) is 17.5 Å². The van der Waals surface area contributed by atoms with E-state index in [0.717, 1.165) is 12.1 Å². The highest BCUT2D eigenvalue weighted by atomic mass is 32.2. The van der Waals surface area contributed by atoms with Crippen LogP contribution in [0.3, 0.4) is 0 Å². The van der Waals surface area contributed by atoms with Crippen molar-refractivity contribution in [2.24, 2.45) is 5.14 Å². The zero-order valence-electron chi connectivity index (χ0n) is 12.9. The summed E-state index contributed by atoms with van der Waals surface area (Å²) in [5.41, 5.74) is -0.133. The van der Waals surface area contributed by atoms with E-state index < -0.39 is 39.0 Å². The largest absolute Gasteiger partial charge is 0.388 e. The summed E-state index contributed by atoms with van der Waals surface area (Å²) >= 11 is 0. The molecular formula is C16H11F3N2O4S. The van der Waals surface area contributed by atoms with Crippen molar-refractivity contribution in [3.63, 3.8) is 0 Å². The first kappa shape index (κ1) is 18.1.